The van der Waals surface area contributed by atoms with Crippen LogP contribution in [0.2, 0.25) is 5.02 Å². The minimum absolute atomic E-state index is 0.0271. The summed E-state index contributed by atoms with van der Waals surface area (Å²) in [5.41, 5.74) is 0. The molecule has 4 rings (SSSR count). The molecule has 9 heteroatoms. The molecule has 3 heterocycles. The van der Waals surface area contributed by atoms with Gasteiger partial charge in [0.25, 0.3) is 0 Å². The van der Waals surface area contributed by atoms with Gasteiger partial charge in [-0.1, -0.05) is 16.8 Å². The van der Waals surface area contributed by atoms with E-state index in [0.717, 1.165) is 51.5 Å². The van der Waals surface area contributed by atoms with Gasteiger partial charge in [-0.2, -0.15) is 4.98 Å². The molecule has 29 heavy (non-hydrogen) atoms. The van der Waals surface area contributed by atoms with Crippen LogP contribution >= 0.6 is 11.6 Å². The fourth-order valence-corrected chi connectivity index (χ4v) is 4.48. The molecule has 2 aromatic rings. The van der Waals surface area contributed by atoms with E-state index in [1.165, 1.54) is 12.3 Å². The van der Waals surface area contributed by atoms with Crippen molar-refractivity contribution in [2.45, 2.75) is 64.0 Å². The van der Waals surface area contributed by atoms with Gasteiger partial charge in [0.1, 0.15) is 6.04 Å². The first-order valence-electron chi connectivity index (χ1n) is 10.2. The summed E-state index contributed by atoms with van der Waals surface area (Å²) >= 11 is 5.76. The highest BCUT2D eigenvalue weighted by Crippen LogP contribution is 2.35. The summed E-state index contributed by atoms with van der Waals surface area (Å²) in [5.74, 6) is 1.03. The van der Waals surface area contributed by atoms with Crippen molar-refractivity contribution >= 4 is 23.3 Å². The predicted molar refractivity (Wildman–Crippen MR) is 106 cm³/mol. The second-order valence-corrected chi connectivity index (χ2v) is 8.34. The number of hydrogen-bond donors (Lipinski definition) is 1. The van der Waals surface area contributed by atoms with Crippen molar-refractivity contribution in [3.05, 3.63) is 34.8 Å². The van der Waals surface area contributed by atoms with Crippen LogP contribution < -0.4 is 5.32 Å². The van der Waals surface area contributed by atoms with E-state index in [4.69, 9.17) is 16.1 Å². The molecule has 1 unspecified atom stereocenters. The molecule has 1 amide bonds. The van der Waals surface area contributed by atoms with Gasteiger partial charge >= 0.3 is 0 Å². The standard InChI is InChI=1S/C20H25ClFN5O2/c1-12-24-19(29-26-12)17-4-2-3-9-27(17)20(28)13-5-7-15(8-6-13)25-18-16(22)10-14(21)11-23-18/h10-11,13,15,17H,2-9H2,1H3,(H,23,25). The first-order valence-corrected chi connectivity index (χ1v) is 10.6. The Morgan fingerprint density at radius 3 is 2.76 bits per heavy atom. The van der Waals surface area contributed by atoms with E-state index in [1.807, 2.05) is 4.90 Å². The third-order valence-corrected chi connectivity index (χ3v) is 6.05. The zero-order valence-corrected chi connectivity index (χ0v) is 17.2. The van der Waals surface area contributed by atoms with Crippen LogP contribution in [0.4, 0.5) is 10.2 Å². The van der Waals surface area contributed by atoms with Crippen molar-refractivity contribution in [2.24, 2.45) is 5.92 Å². The van der Waals surface area contributed by atoms with E-state index < -0.39 is 5.82 Å². The average molecular weight is 422 g/mol. The fraction of sp³-hybridized carbons (Fsp3) is 0.600. The van der Waals surface area contributed by atoms with Crippen LogP contribution in [0, 0.1) is 18.7 Å². The Morgan fingerprint density at radius 2 is 2.07 bits per heavy atom. The molecule has 1 aliphatic heterocycles. The Bertz CT molecular complexity index is 868. The van der Waals surface area contributed by atoms with E-state index in [0.29, 0.717) is 11.7 Å². The number of piperidine rings is 1. The number of carbonyl (C=O) groups excluding carboxylic acids is 1. The van der Waals surface area contributed by atoms with Gasteiger partial charge in [-0.25, -0.2) is 9.37 Å². The summed E-state index contributed by atoms with van der Waals surface area (Å²) in [4.78, 5) is 23.5. The molecule has 0 bridgehead atoms. The maximum atomic E-state index is 14.0. The van der Waals surface area contributed by atoms with Gasteiger partial charge in [0.2, 0.25) is 11.8 Å². The summed E-state index contributed by atoms with van der Waals surface area (Å²) < 4.78 is 19.3. The second-order valence-electron chi connectivity index (χ2n) is 7.90. The molecule has 2 aliphatic rings. The lowest BCUT2D eigenvalue weighted by atomic mass is 9.84. The van der Waals surface area contributed by atoms with Gasteiger partial charge in [-0.05, 0) is 57.9 Å². The van der Waals surface area contributed by atoms with E-state index >= 15 is 0 Å². The first kappa shape index (κ1) is 20.1. The average Bonchev–Trinajstić information content (AvgIpc) is 3.16. The summed E-state index contributed by atoms with van der Waals surface area (Å²) in [6, 6.07) is 1.22. The Balaban J connectivity index is 1.36. The van der Waals surface area contributed by atoms with E-state index in [9.17, 15) is 9.18 Å². The van der Waals surface area contributed by atoms with Crippen LogP contribution in [-0.4, -0.2) is 38.5 Å². The number of carbonyl (C=O) groups is 1. The SMILES string of the molecule is Cc1noc(C2CCCCN2C(=O)C2CCC(Nc3ncc(Cl)cc3F)CC2)n1. The summed E-state index contributed by atoms with van der Waals surface area (Å²) in [7, 11) is 0. The van der Waals surface area contributed by atoms with Crippen molar-refractivity contribution in [1.29, 1.82) is 0 Å². The molecule has 1 N–H and O–H groups in total. The van der Waals surface area contributed by atoms with Crippen LogP contribution in [0.25, 0.3) is 0 Å². The molecule has 1 aliphatic carbocycles. The fourth-order valence-electron chi connectivity index (χ4n) is 4.33. The van der Waals surface area contributed by atoms with Crippen molar-refractivity contribution in [1.82, 2.24) is 20.0 Å². The number of nitrogens with zero attached hydrogens (tertiary/aromatic N) is 4. The molecule has 2 aromatic heterocycles. The van der Waals surface area contributed by atoms with Gasteiger partial charge in [-0.3, -0.25) is 4.79 Å². The number of aromatic nitrogens is 3. The first-order chi connectivity index (χ1) is 14.0. The quantitative estimate of drug-likeness (QED) is 0.792. The molecule has 1 saturated heterocycles. The maximum absolute atomic E-state index is 14.0. The molecule has 2 fully saturated rings. The predicted octanol–water partition coefficient (Wildman–Crippen LogP) is 4.29. The Labute approximate surface area is 174 Å². The molecule has 156 valence electrons. The summed E-state index contributed by atoms with van der Waals surface area (Å²) in [6.07, 6.45) is 7.43. The van der Waals surface area contributed by atoms with Crippen molar-refractivity contribution < 1.29 is 13.7 Å². The zero-order valence-electron chi connectivity index (χ0n) is 16.4. The Kier molecular flexibility index (Phi) is 5.99. The molecule has 0 aromatic carbocycles. The number of pyridine rings is 1. The lowest BCUT2D eigenvalue weighted by Gasteiger charge is -2.38. The number of anilines is 1. The minimum Gasteiger partial charge on any atom is -0.365 e. The number of amides is 1. The number of halogens is 2. The molecule has 0 radical (unpaired) electrons. The summed E-state index contributed by atoms with van der Waals surface area (Å²) in [5, 5.41) is 7.31. The smallest absolute Gasteiger partial charge is 0.249 e. The highest BCUT2D eigenvalue weighted by atomic mass is 35.5. The lowest BCUT2D eigenvalue weighted by molar-refractivity contribution is -0.141. The van der Waals surface area contributed by atoms with Crippen LogP contribution in [-0.2, 0) is 4.79 Å². The molecular formula is C20H25ClFN5O2. The van der Waals surface area contributed by atoms with Gasteiger partial charge in [0.05, 0.1) is 5.02 Å². The number of aryl methyl sites for hydroxylation is 1. The van der Waals surface area contributed by atoms with Gasteiger partial charge < -0.3 is 14.7 Å². The minimum atomic E-state index is -0.457. The molecule has 7 nitrogen and oxygen atoms in total. The largest absolute Gasteiger partial charge is 0.365 e. The maximum Gasteiger partial charge on any atom is 0.249 e. The number of rotatable bonds is 4. The molecule has 1 atom stereocenters. The van der Waals surface area contributed by atoms with Crippen molar-refractivity contribution in [2.75, 3.05) is 11.9 Å². The van der Waals surface area contributed by atoms with Crippen molar-refractivity contribution in [3.8, 4) is 0 Å². The van der Waals surface area contributed by atoms with Gasteiger partial charge in [0.15, 0.2) is 17.5 Å². The monoisotopic (exact) mass is 421 g/mol. The Morgan fingerprint density at radius 1 is 1.28 bits per heavy atom. The van der Waals surface area contributed by atoms with Crippen molar-refractivity contribution in [3.63, 3.8) is 0 Å². The highest BCUT2D eigenvalue weighted by molar-refractivity contribution is 6.30. The Hall–Kier alpha value is -2.22. The number of nitrogens with one attached hydrogen (secondary N) is 1. The van der Waals surface area contributed by atoms with Gasteiger partial charge in [0, 0.05) is 24.7 Å². The van der Waals surface area contributed by atoms with Crippen LogP contribution in [0.1, 0.15) is 62.7 Å². The van der Waals surface area contributed by atoms with E-state index in [1.54, 1.807) is 6.92 Å². The topological polar surface area (TPSA) is 84.2 Å². The third-order valence-electron chi connectivity index (χ3n) is 5.84. The highest BCUT2D eigenvalue weighted by Gasteiger charge is 2.36. The molecule has 0 spiro atoms. The third kappa shape index (κ3) is 4.52. The molecule has 1 saturated carbocycles. The second kappa shape index (κ2) is 8.65. The number of hydrogen-bond acceptors (Lipinski definition) is 6. The van der Waals surface area contributed by atoms with Crippen LogP contribution in [0.3, 0.4) is 0 Å². The normalized spacial score (nSPS) is 25.1. The zero-order chi connectivity index (χ0) is 20.4. The van der Waals surface area contributed by atoms with E-state index in [-0.39, 0.29) is 34.7 Å². The van der Waals surface area contributed by atoms with Crippen LogP contribution in [0.15, 0.2) is 16.8 Å². The summed E-state index contributed by atoms with van der Waals surface area (Å²) in [6.45, 7) is 2.51. The number of likely N-dealkylation sites (tertiary alicyclic amines) is 1. The van der Waals surface area contributed by atoms with Gasteiger partial charge in [-0.15, -0.1) is 0 Å². The van der Waals surface area contributed by atoms with Crippen LogP contribution in [0.5, 0.6) is 0 Å². The van der Waals surface area contributed by atoms with E-state index in [2.05, 4.69) is 20.4 Å². The molecular weight excluding hydrogens is 397 g/mol. The lowest BCUT2D eigenvalue weighted by Crippen LogP contribution is -2.43.